The molecule has 1 N–H and O–H groups in total. The molecule has 0 aliphatic rings. The number of nitrogens with zero attached hydrogens (tertiary/aromatic N) is 2. The van der Waals surface area contributed by atoms with Gasteiger partial charge in [-0.15, -0.1) is 11.3 Å². The van der Waals surface area contributed by atoms with Crippen LogP contribution in [-0.4, -0.2) is 28.3 Å². The number of ether oxygens (including phenoxy) is 1. The molecule has 23 heavy (non-hydrogen) atoms. The van der Waals surface area contributed by atoms with Crippen LogP contribution in [0.3, 0.4) is 0 Å². The second-order valence-corrected chi connectivity index (χ2v) is 6.37. The molecule has 0 aliphatic heterocycles. The van der Waals surface area contributed by atoms with E-state index in [1.807, 2.05) is 20.8 Å². The van der Waals surface area contributed by atoms with Crippen molar-refractivity contribution in [3.05, 3.63) is 33.5 Å². The van der Waals surface area contributed by atoms with E-state index in [0.717, 1.165) is 10.4 Å². The maximum atomic E-state index is 12.5. The van der Waals surface area contributed by atoms with Crippen LogP contribution in [0.25, 0.3) is 0 Å². The fourth-order valence-corrected chi connectivity index (χ4v) is 3.28. The summed E-state index contributed by atoms with van der Waals surface area (Å²) in [6, 6.07) is 0. The summed E-state index contributed by atoms with van der Waals surface area (Å²) in [6.07, 6.45) is 1.71. The van der Waals surface area contributed by atoms with Gasteiger partial charge < -0.3 is 10.1 Å². The van der Waals surface area contributed by atoms with Crippen LogP contribution in [0.1, 0.15) is 50.7 Å². The van der Waals surface area contributed by atoms with Gasteiger partial charge in [-0.25, -0.2) is 4.79 Å². The van der Waals surface area contributed by atoms with E-state index in [2.05, 4.69) is 10.4 Å². The number of anilines is 1. The van der Waals surface area contributed by atoms with E-state index >= 15 is 0 Å². The number of carbonyl (C=O) groups excluding carboxylic acids is 2. The molecule has 0 saturated carbocycles. The van der Waals surface area contributed by atoms with Gasteiger partial charge in [0.05, 0.1) is 23.4 Å². The molecule has 6 nitrogen and oxygen atoms in total. The van der Waals surface area contributed by atoms with Gasteiger partial charge in [-0.05, 0) is 40.2 Å². The zero-order valence-corrected chi connectivity index (χ0v) is 14.8. The first kappa shape index (κ1) is 17.2. The summed E-state index contributed by atoms with van der Waals surface area (Å²) in [4.78, 5) is 25.6. The number of amides is 1. The summed E-state index contributed by atoms with van der Waals surface area (Å²) in [7, 11) is 0. The zero-order chi connectivity index (χ0) is 17.1. The summed E-state index contributed by atoms with van der Waals surface area (Å²) in [5, 5.41) is 7.62. The quantitative estimate of drug-likeness (QED) is 0.851. The van der Waals surface area contributed by atoms with E-state index in [4.69, 9.17) is 4.74 Å². The number of carbonyl (C=O) groups is 2. The second kappa shape index (κ2) is 6.95. The van der Waals surface area contributed by atoms with Crippen molar-refractivity contribution in [3.8, 4) is 0 Å². The average Bonchev–Trinajstić information content (AvgIpc) is 3.00. The van der Waals surface area contributed by atoms with Crippen molar-refractivity contribution in [3.63, 3.8) is 0 Å². The number of aromatic nitrogens is 2. The number of rotatable bonds is 5. The number of nitrogens with one attached hydrogen (secondary N) is 1. The van der Waals surface area contributed by atoms with Crippen molar-refractivity contribution in [2.45, 2.75) is 41.2 Å². The molecule has 2 rings (SSSR count). The third-order valence-corrected chi connectivity index (χ3v) is 4.73. The van der Waals surface area contributed by atoms with Crippen molar-refractivity contribution in [2.75, 3.05) is 11.9 Å². The van der Waals surface area contributed by atoms with Crippen molar-refractivity contribution in [1.82, 2.24) is 9.78 Å². The lowest BCUT2D eigenvalue weighted by molar-refractivity contribution is 0.0527. The van der Waals surface area contributed by atoms with Gasteiger partial charge in [-0.1, -0.05) is 0 Å². The predicted molar refractivity (Wildman–Crippen MR) is 90.3 cm³/mol. The van der Waals surface area contributed by atoms with Gasteiger partial charge in [0.15, 0.2) is 0 Å². The number of esters is 1. The number of hydrogen-bond acceptors (Lipinski definition) is 5. The van der Waals surface area contributed by atoms with E-state index < -0.39 is 5.97 Å². The minimum Gasteiger partial charge on any atom is -0.462 e. The first-order valence-corrected chi connectivity index (χ1v) is 8.33. The van der Waals surface area contributed by atoms with Crippen molar-refractivity contribution in [2.24, 2.45) is 0 Å². The Morgan fingerprint density at radius 1 is 1.30 bits per heavy atom. The summed E-state index contributed by atoms with van der Waals surface area (Å²) in [5.41, 5.74) is 2.44. The fraction of sp³-hybridized carbons (Fsp3) is 0.438. The highest BCUT2D eigenvalue weighted by atomic mass is 32.1. The third kappa shape index (κ3) is 3.44. The van der Waals surface area contributed by atoms with Crippen LogP contribution in [0.4, 0.5) is 5.00 Å². The molecule has 7 heteroatoms. The molecule has 2 aromatic rings. The Bertz CT molecular complexity index is 746. The highest BCUT2D eigenvalue weighted by Gasteiger charge is 2.23. The molecular formula is C16H21N3O3S. The predicted octanol–water partition coefficient (Wildman–Crippen LogP) is 3.32. The molecule has 2 aromatic heterocycles. The number of aryl methyl sites for hydroxylation is 3. The molecule has 0 aromatic carbocycles. The van der Waals surface area contributed by atoms with Gasteiger partial charge in [0.25, 0.3) is 5.91 Å². The minimum atomic E-state index is -0.411. The van der Waals surface area contributed by atoms with Crippen LogP contribution in [0.2, 0.25) is 0 Å². The maximum absolute atomic E-state index is 12.5. The molecule has 0 bridgehead atoms. The Labute approximate surface area is 139 Å². The van der Waals surface area contributed by atoms with Crippen molar-refractivity contribution < 1.29 is 14.3 Å². The molecule has 124 valence electrons. The van der Waals surface area contributed by atoms with Gasteiger partial charge >= 0.3 is 5.97 Å². The molecule has 0 aliphatic carbocycles. The van der Waals surface area contributed by atoms with Crippen LogP contribution in [0.5, 0.6) is 0 Å². The Hall–Kier alpha value is -2.15. The molecule has 0 unspecified atom stereocenters. The smallest absolute Gasteiger partial charge is 0.341 e. The lowest BCUT2D eigenvalue weighted by Gasteiger charge is -2.06. The van der Waals surface area contributed by atoms with Crippen LogP contribution in [0, 0.1) is 20.8 Å². The normalized spacial score (nSPS) is 10.7. The SMILES string of the molecule is CCOC(=O)c1c(NC(=O)c2cn(CC)nc2C)sc(C)c1C. The third-order valence-electron chi connectivity index (χ3n) is 3.61. The highest BCUT2D eigenvalue weighted by Crippen LogP contribution is 2.33. The molecule has 0 saturated heterocycles. The first-order valence-electron chi connectivity index (χ1n) is 7.51. The molecule has 0 radical (unpaired) electrons. The number of thiophene rings is 1. The maximum Gasteiger partial charge on any atom is 0.341 e. The molecule has 2 heterocycles. The van der Waals surface area contributed by atoms with Crippen LogP contribution >= 0.6 is 11.3 Å². The van der Waals surface area contributed by atoms with E-state index in [1.165, 1.54) is 11.3 Å². The summed E-state index contributed by atoms with van der Waals surface area (Å²) < 4.78 is 6.80. The summed E-state index contributed by atoms with van der Waals surface area (Å²) in [5.74, 6) is -0.681. The number of hydrogen-bond donors (Lipinski definition) is 1. The first-order chi connectivity index (χ1) is 10.9. The van der Waals surface area contributed by atoms with Gasteiger partial charge in [0.2, 0.25) is 0 Å². The molecule has 1 amide bonds. The van der Waals surface area contributed by atoms with Crippen molar-refractivity contribution in [1.29, 1.82) is 0 Å². The second-order valence-electron chi connectivity index (χ2n) is 5.15. The van der Waals surface area contributed by atoms with Gasteiger partial charge in [0, 0.05) is 17.6 Å². The van der Waals surface area contributed by atoms with Gasteiger partial charge in [-0.2, -0.15) is 5.10 Å². The summed E-state index contributed by atoms with van der Waals surface area (Å²) in [6.45, 7) is 10.3. The van der Waals surface area contributed by atoms with Crippen LogP contribution < -0.4 is 5.32 Å². The van der Waals surface area contributed by atoms with Crippen LogP contribution in [-0.2, 0) is 11.3 Å². The Kier molecular flexibility index (Phi) is 5.20. The van der Waals surface area contributed by atoms with Crippen molar-refractivity contribution >= 4 is 28.2 Å². The van der Waals surface area contributed by atoms with E-state index in [0.29, 0.717) is 35.0 Å². The Balaban J connectivity index is 2.32. The van der Waals surface area contributed by atoms with E-state index in [9.17, 15) is 9.59 Å². The van der Waals surface area contributed by atoms with E-state index in [1.54, 1.807) is 24.7 Å². The largest absolute Gasteiger partial charge is 0.462 e. The Morgan fingerprint density at radius 3 is 2.57 bits per heavy atom. The Morgan fingerprint density at radius 2 is 2.00 bits per heavy atom. The minimum absolute atomic E-state index is 0.269. The molecule has 0 spiro atoms. The van der Waals surface area contributed by atoms with E-state index in [-0.39, 0.29) is 5.91 Å². The lowest BCUT2D eigenvalue weighted by Crippen LogP contribution is -2.15. The highest BCUT2D eigenvalue weighted by molar-refractivity contribution is 7.16. The van der Waals surface area contributed by atoms with Gasteiger partial charge in [-0.3, -0.25) is 9.48 Å². The standard InChI is InChI=1S/C16H21N3O3S/c1-6-19-8-12(10(4)18-19)14(20)17-15-13(16(21)22-7-2)9(3)11(5)23-15/h8H,6-7H2,1-5H3,(H,17,20). The molecule has 0 fully saturated rings. The molecule has 0 atom stereocenters. The van der Waals surface area contributed by atoms with Crippen LogP contribution in [0.15, 0.2) is 6.20 Å². The van der Waals surface area contributed by atoms with Gasteiger partial charge in [0.1, 0.15) is 5.00 Å². The molecular weight excluding hydrogens is 314 g/mol. The lowest BCUT2D eigenvalue weighted by atomic mass is 10.1. The monoisotopic (exact) mass is 335 g/mol. The topological polar surface area (TPSA) is 73.2 Å². The fourth-order valence-electron chi connectivity index (χ4n) is 2.24. The average molecular weight is 335 g/mol. The summed E-state index contributed by atoms with van der Waals surface area (Å²) >= 11 is 1.38. The zero-order valence-electron chi connectivity index (χ0n) is 14.0.